The lowest BCUT2D eigenvalue weighted by Crippen LogP contribution is -2.52. The molecule has 1 aromatic rings. The number of carbonyl (C=O) groups excluding carboxylic acids is 1. The summed E-state index contributed by atoms with van der Waals surface area (Å²) >= 11 is 0. The van der Waals surface area contributed by atoms with Gasteiger partial charge >= 0.3 is 0 Å². The van der Waals surface area contributed by atoms with Crippen molar-refractivity contribution in [3.05, 3.63) is 29.8 Å². The summed E-state index contributed by atoms with van der Waals surface area (Å²) < 4.78 is 37.5. The highest BCUT2D eigenvalue weighted by atomic mass is 32.2. The third-order valence-electron chi connectivity index (χ3n) is 6.02. The second-order valence-corrected chi connectivity index (χ2v) is 10.2. The molecule has 2 fully saturated rings. The van der Waals surface area contributed by atoms with E-state index in [1.54, 1.807) is 19.2 Å². The SMILES string of the molecule is CC(C)N(C)S(=O)(=O)c1ccc(C(=O)NCC(C2CCOC2)N2CCOCC2)cc1. The predicted molar refractivity (Wildman–Crippen MR) is 114 cm³/mol. The van der Waals surface area contributed by atoms with Crippen LogP contribution in [0.25, 0.3) is 0 Å². The maximum absolute atomic E-state index is 12.7. The summed E-state index contributed by atoms with van der Waals surface area (Å²) in [6.45, 7) is 8.77. The zero-order chi connectivity index (χ0) is 21.7. The molecule has 2 unspecified atom stereocenters. The molecule has 0 bridgehead atoms. The first-order chi connectivity index (χ1) is 14.3. The molecule has 0 aliphatic carbocycles. The number of rotatable bonds is 8. The van der Waals surface area contributed by atoms with Gasteiger partial charge in [0.2, 0.25) is 10.0 Å². The molecule has 1 aromatic carbocycles. The molecule has 2 saturated heterocycles. The van der Waals surface area contributed by atoms with Crippen LogP contribution in [0.3, 0.4) is 0 Å². The summed E-state index contributed by atoms with van der Waals surface area (Å²) in [5.41, 5.74) is 0.449. The van der Waals surface area contributed by atoms with Gasteiger partial charge in [-0.15, -0.1) is 0 Å². The Morgan fingerprint density at radius 2 is 1.83 bits per heavy atom. The number of nitrogens with one attached hydrogen (secondary N) is 1. The summed E-state index contributed by atoms with van der Waals surface area (Å²) in [7, 11) is -2.01. The van der Waals surface area contributed by atoms with Gasteiger partial charge in [-0.2, -0.15) is 4.31 Å². The van der Waals surface area contributed by atoms with Gasteiger partial charge in [-0.3, -0.25) is 9.69 Å². The molecule has 0 saturated carbocycles. The summed E-state index contributed by atoms with van der Waals surface area (Å²) in [6.07, 6.45) is 0.994. The fraction of sp³-hybridized carbons (Fsp3) is 0.667. The molecule has 1 amide bonds. The molecule has 1 N–H and O–H groups in total. The van der Waals surface area contributed by atoms with Gasteiger partial charge < -0.3 is 14.8 Å². The minimum atomic E-state index is -3.56. The smallest absolute Gasteiger partial charge is 0.251 e. The van der Waals surface area contributed by atoms with E-state index in [0.29, 0.717) is 37.8 Å². The van der Waals surface area contributed by atoms with E-state index in [-0.39, 0.29) is 22.9 Å². The molecule has 9 heteroatoms. The molecular formula is C21H33N3O5S. The third kappa shape index (κ3) is 5.39. The van der Waals surface area contributed by atoms with Crippen molar-refractivity contribution in [1.29, 1.82) is 0 Å². The van der Waals surface area contributed by atoms with E-state index in [1.165, 1.54) is 16.4 Å². The molecule has 0 aromatic heterocycles. The average molecular weight is 440 g/mol. The summed E-state index contributed by atoms with van der Waals surface area (Å²) in [5, 5.41) is 3.04. The fourth-order valence-corrected chi connectivity index (χ4v) is 5.25. The van der Waals surface area contributed by atoms with Gasteiger partial charge in [0.05, 0.1) is 24.7 Å². The lowest BCUT2D eigenvalue weighted by Gasteiger charge is -2.37. The normalized spacial score (nSPS) is 21.8. The molecule has 8 nitrogen and oxygen atoms in total. The summed E-state index contributed by atoms with van der Waals surface area (Å²) in [6, 6.07) is 6.19. The molecule has 2 aliphatic rings. The first kappa shape index (κ1) is 23.1. The van der Waals surface area contributed by atoms with Gasteiger partial charge in [0.15, 0.2) is 0 Å². The van der Waals surface area contributed by atoms with Crippen LogP contribution >= 0.6 is 0 Å². The minimum Gasteiger partial charge on any atom is -0.381 e. The highest BCUT2D eigenvalue weighted by molar-refractivity contribution is 7.89. The van der Waals surface area contributed by atoms with Gasteiger partial charge in [0, 0.05) is 56.9 Å². The Kier molecular flexibility index (Phi) is 7.86. The van der Waals surface area contributed by atoms with Crippen LogP contribution in [0.4, 0.5) is 0 Å². The van der Waals surface area contributed by atoms with Crippen LogP contribution in [0, 0.1) is 5.92 Å². The van der Waals surface area contributed by atoms with E-state index >= 15 is 0 Å². The van der Waals surface area contributed by atoms with Crippen LogP contribution in [0.15, 0.2) is 29.2 Å². The van der Waals surface area contributed by atoms with Crippen molar-refractivity contribution in [3.63, 3.8) is 0 Å². The van der Waals surface area contributed by atoms with Gasteiger partial charge in [0.25, 0.3) is 5.91 Å². The van der Waals surface area contributed by atoms with Crippen molar-refractivity contribution in [1.82, 2.24) is 14.5 Å². The highest BCUT2D eigenvalue weighted by Crippen LogP contribution is 2.22. The molecule has 168 valence electrons. The van der Waals surface area contributed by atoms with E-state index < -0.39 is 10.0 Å². The number of amides is 1. The molecule has 2 heterocycles. The Bertz CT molecular complexity index is 800. The van der Waals surface area contributed by atoms with Crippen molar-refractivity contribution < 1.29 is 22.7 Å². The van der Waals surface area contributed by atoms with Crippen LogP contribution in [-0.2, 0) is 19.5 Å². The predicted octanol–water partition coefficient (Wildman–Crippen LogP) is 1.18. The largest absolute Gasteiger partial charge is 0.381 e. The van der Waals surface area contributed by atoms with E-state index in [4.69, 9.17) is 9.47 Å². The Labute approximate surface area is 179 Å². The number of nitrogens with zero attached hydrogens (tertiary/aromatic N) is 2. The quantitative estimate of drug-likeness (QED) is 0.655. The van der Waals surface area contributed by atoms with Gasteiger partial charge in [-0.25, -0.2) is 8.42 Å². The number of hydrogen-bond donors (Lipinski definition) is 1. The van der Waals surface area contributed by atoms with Crippen molar-refractivity contribution in [2.45, 2.75) is 37.2 Å². The van der Waals surface area contributed by atoms with Crippen LogP contribution in [0.2, 0.25) is 0 Å². The first-order valence-corrected chi connectivity index (χ1v) is 12.0. The number of benzene rings is 1. The Morgan fingerprint density at radius 3 is 2.40 bits per heavy atom. The van der Waals surface area contributed by atoms with Crippen molar-refractivity contribution in [2.75, 3.05) is 53.1 Å². The number of hydrogen-bond acceptors (Lipinski definition) is 6. The minimum absolute atomic E-state index is 0.144. The second kappa shape index (κ2) is 10.2. The maximum atomic E-state index is 12.7. The van der Waals surface area contributed by atoms with E-state index in [2.05, 4.69) is 10.2 Å². The Morgan fingerprint density at radius 1 is 1.17 bits per heavy atom. The zero-order valence-electron chi connectivity index (χ0n) is 18.0. The monoisotopic (exact) mass is 439 g/mol. The van der Waals surface area contributed by atoms with Gasteiger partial charge in [-0.05, 0) is 44.5 Å². The van der Waals surface area contributed by atoms with Crippen LogP contribution in [0.1, 0.15) is 30.6 Å². The number of sulfonamides is 1. The maximum Gasteiger partial charge on any atom is 0.251 e. The third-order valence-corrected chi connectivity index (χ3v) is 8.06. The van der Waals surface area contributed by atoms with Gasteiger partial charge in [-0.1, -0.05) is 0 Å². The molecule has 0 radical (unpaired) electrons. The molecule has 2 atom stereocenters. The van der Waals surface area contributed by atoms with Crippen LogP contribution in [0.5, 0.6) is 0 Å². The van der Waals surface area contributed by atoms with Crippen molar-refractivity contribution >= 4 is 15.9 Å². The highest BCUT2D eigenvalue weighted by Gasteiger charge is 2.32. The Hall–Kier alpha value is -1.52. The van der Waals surface area contributed by atoms with Crippen LogP contribution < -0.4 is 5.32 Å². The molecular weight excluding hydrogens is 406 g/mol. The van der Waals surface area contributed by atoms with E-state index in [9.17, 15) is 13.2 Å². The Balaban J connectivity index is 1.64. The van der Waals surface area contributed by atoms with E-state index in [1.807, 2.05) is 13.8 Å². The zero-order valence-corrected chi connectivity index (χ0v) is 18.9. The average Bonchev–Trinajstić information content (AvgIpc) is 3.28. The lowest BCUT2D eigenvalue weighted by molar-refractivity contribution is 0.00166. The molecule has 30 heavy (non-hydrogen) atoms. The van der Waals surface area contributed by atoms with E-state index in [0.717, 1.165) is 26.1 Å². The first-order valence-electron chi connectivity index (χ1n) is 10.6. The van der Waals surface area contributed by atoms with Crippen molar-refractivity contribution in [3.8, 4) is 0 Å². The number of morpholine rings is 1. The summed E-state index contributed by atoms with van der Waals surface area (Å²) in [4.78, 5) is 15.3. The van der Waals surface area contributed by atoms with Gasteiger partial charge in [0.1, 0.15) is 0 Å². The fourth-order valence-electron chi connectivity index (χ4n) is 3.88. The molecule has 2 aliphatic heterocycles. The second-order valence-electron chi connectivity index (χ2n) is 8.19. The topological polar surface area (TPSA) is 88.2 Å². The summed E-state index contributed by atoms with van der Waals surface area (Å²) in [5.74, 6) is 0.191. The number of ether oxygens (including phenoxy) is 2. The number of carbonyl (C=O) groups is 1. The molecule has 0 spiro atoms. The molecule has 3 rings (SSSR count). The lowest BCUT2D eigenvalue weighted by atomic mass is 9.96. The van der Waals surface area contributed by atoms with Crippen molar-refractivity contribution in [2.24, 2.45) is 5.92 Å². The standard InChI is InChI=1S/C21H33N3O5S/c1-16(2)23(3)30(26,27)19-6-4-17(5-7-19)21(25)22-14-20(18-8-11-29-15-18)24-9-12-28-13-10-24/h4-7,16,18,20H,8-15H2,1-3H3,(H,22,25). The van der Waals surface area contributed by atoms with Crippen LogP contribution in [-0.4, -0.2) is 88.7 Å².